The van der Waals surface area contributed by atoms with Crippen LogP contribution >= 0.6 is 27.3 Å². The summed E-state index contributed by atoms with van der Waals surface area (Å²) in [6.07, 6.45) is 1.39. The summed E-state index contributed by atoms with van der Waals surface area (Å²) in [5.41, 5.74) is 5.93. The van der Waals surface area contributed by atoms with E-state index in [4.69, 9.17) is 10.5 Å². The van der Waals surface area contributed by atoms with E-state index in [0.29, 0.717) is 5.82 Å². The van der Waals surface area contributed by atoms with Crippen molar-refractivity contribution in [2.24, 2.45) is 0 Å². The monoisotopic (exact) mass is 327 g/mol. The number of nitrogen functional groups attached to an aromatic ring is 1. The first-order valence-electron chi connectivity index (χ1n) is 5.16. The number of carbonyl (C=O) groups excluding carboxylic acids is 1. The Morgan fingerprint density at radius 2 is 2.39 bits per heavy atom. The zero-order chi connectivity index (χ0) is 13.1. The van der Waals surface area contributed by atoms with Crippen molar-refractivity contribution in [1.82, 2.24) is 9.97 Å². The SMILES string of the molecule is CCOC(=O)c1cnc(-c2cc(Br)cs2)nc1N. The van der Waals surface area contributed by atoms with Gasteiger partial charge in [-0.3, -0.25) is 0 Å². The minimum atomic E-state index is -0.506. The zero-order valence-corrected chi connectivity index (χ0v) is 11.9. The van der Waals surface area contributed by atoms with Crippen molar-refractivity contribution in [3.63, 3.8) is 0 Å². The van der Waals surface area contributed by atoms with E-state index in [9.17, 15) is 4.79 Å². The van der Waals surface area contributed by atoms with Gasteiger partial charge in [0.2, 0.25) is 0 Å². The molecule has 0 fully saturated rings. The van der Waals surface area contributed by atoms with Crippen molar-refractivity contribution in [3.05, 3.63) is 27.7 Å². The Morgan fingerprint density at radius 1 is 1.61 bits per heavy atom. The predicted molar refractivity (Wildman–Crippen MR) is 73.4 cm³/mol. The Morgan fingerprint density at radius 3 is 2.94 bits per heavy atom. The van der Waals surface area contributed by atoms with Crippen molar-refractivity contribution in [2.45, 2.75) is 6.92 Å². The van der Waals surface area contributed by atoms with Gasteiger partial charge in [0.25, 0.3) is 0 Å². The fourth-order valence-corrected chi connectivity index (χ4v) is 2.68. The van der Waals surface area contributed by atoms with Crippen LogP contribution in [-0.2, 0) is 4.74 Å². The van der Waals surface area contributed by atoms with Crippen LogP contribution in [0.15, 0.2) is 22.1 Å². The number of esters is 1. The van der Waals surface area contributed by atoms with Crippen LogP contribution in [0.25, 0.3) is 10.7 Å². The second-order valence-corrected chi connectivity index (χ2v) is 5.17. The molecule has 7 heteroatoms. The lowest BCUT2D eigenvalue weighted by Gasteiger charge is -2.04. The van der Waals surface area contributed by atoms with Gasteiger partial charge in [0.15, 0.2) is 5.82 Å². The van der Waals surface area contributed by atoms with Gasteiger partial charge in [0.05, 0.1) is 11.5 Å². The Hall–Kier alpha value is -1.47. The molecule has 2 aromatic rings. The number of hydrogen-bond donors (Lipinski definition) is 1. The number of carbonyl (C=O) groups is 1. The summed E-state index contributed by atoms with van der Waals surface area (Å²) in [5, 5.41) is 1.92. The molecule has 0 aliphatic rings. The predicted octanol–water partition coefficient (Wildman–Crippen LogP) is 2.73. The lowest BCUT2D eigenvalue weighted by molar-refractivity contribution is 0.0527. The van der Waals surface area contributed by atoms with E-state index in [2.05, 4.69) is 25.9 Å². The van der Waals surface area contributed by atoms with Crippen LogP contribution in [0.3, 0.4) is 0 Å². The van der Waals surface area contributed by atoms with Gasteiger partial charge in [-0.25, -0.2) is 14.8 Å². The van der Waals surface area contributed by atoms with Crippen molar-refractivity contribution in [3.8, 4) is 10.7 Å². The molecular formula is C11H10BrN3O2S. The molecule has 0 atom stereocenters. The standard InChI is InChI=1S/C11H10BrN3O2S/c1-2-17-11(16)7-4-14-10(15-9(7)13)8-3-6(12)5-18-8/h3-5H,2H2,1H3,(H2,13,14,15). The quantitative estimate of drug-likeness (QED) is 0.877. The minimum Gasteiger partial charge on any atom is -0.462 e. The van der Waals surface area contributed by atoms with E-state index >= 15 is 0 Å². The molecule has 2 rings (SSSR count). The molecule has 2 heterocycles. The third kappa shape index (κ3) is 2.68. The van der Waals surface area contributed by atoms with Crippen LogP contribution in [0, 0.1) is 0 Å². The number of aromatic nitrogens is 2. The molecule has 94 valence electrons. The number of ether oxygens (including phenoxy) is 1. The fraction of sp³-hybridized carbons (Fsp3) is 0.182. The third-order valence-electron chi connectivity index (χ3n) is 2.10. The van der Waals surface area contributed by atoms with Gasteiger partial charge < -0.3 is 10.5 Å². The number of hydrogen-bond acceptors (Lipinski definition) is 6. The molecule has 0 saturated heterocycles. The largest absolute Gasteiger partial charge is 0.462 e. The average Bonchev–Trinajstić information content (AvgIpc) is 2.76. The number of nitrogens with zero attached hydrogens (tertiary/aromatic N) is 2. The Bertz CT molecular complexity index is 585. The number of rotatable bonds is 3. The molecule has 0 unspecified atom stereocenters. The van der Waals surface area contributed by atoms with E-state index in [1.54, 1.807) is 6.92 Å². The molecule has 0 aliphatic heterocycles. The fourth-order valence-electron chi connectivity index (χ4n) is 1.31. The maximum Gasteiger partial charge on any atom is 0.343 e. The van der Waals surface area contributed by atoms with E-state index < -0.39 is 5.97 Å². The molecule has 0 bridgehead atoms. The second-order valence-electron chi connectivity index (χ2n) is 3.34. The third-order valence-corrected chi connectivity index (χ3v) is 3.79. The van der Waals surface area contributed by atoms with Gasteiger partial charge in [0.1, 0.15) is 11.4 Å². The van der Waals surface area contributed by atoms with Crippen molar-refractivity contribution < 1.29 is 9.53 Å². The minimum absolute atomic E-state index is 0.128. The first kappa shape index (κ1) is 13.0. The van der Waals surface area contributed by atoms with E-state index in [-0.39, 0.29) is 18.0 Å². The lowest BCUT2D eigenvalue weighted by atomic mass is 10.3. The van der Waals surface area contributed by atoms with Crippen LogP contribution in [0.1, 0.15) is 17.3 Å². The maximum absolute atomic E-state index is 11.5. The summed E-state index contributed by atoms with van der Waals surface area (Å²) in [6.45, 7) is 2.02. The van der Waals surface area contributed by atoms with Crippen LogP contribution in [0.5, 0.6) is 0 Å². The molecule has 18 heavy (non-hydrogen) atoms. The van der Waals surface area contributed by atoms with E-state index in [1.807, 2.05) is 11.4 Å². The van der Waals surface area contributed by atoms with Crippen molar-refractivity contribution in [2.75, 3.05) is 12.3 Å². The van der Waals surface area contributed by atoms with Gasteiger partial charge >= 0.3 is 5.97 Å². The molecule has 2 aromatic heterocycles. The van der Waals surface area contributed by atoms with Gasteiger partial charge in [-0.15, -0.1) is 11.3 Å². The van der Waals surface area contributed by atoms with Gasteiger partial charge in [0, 0.05) is 16.0 Å². The Balaban J connectivity index is 2.33. The highest BCUT2D eigenvalue weighted by atomic mass is 79.9. The van der Waals surface area contributed by atoms with Crippen molar-refractivity contribution in [1.29, 1.82) is 0 Å². The summed E-state index contributed by atoms with van der Waals surface area (Å²) >= 11 is 4.85. The smallest absolute Gasteiger partial charge is 0.343 e. The Labute approximate surface area is 116 Å². The van der Waals surface area contributed by atoms with Crippen LogP contribution in [0.4, 0.5) is 5.82 Å². The highest BCUT2D eigenvalue weighted by Crippen LogP contribution is 2.28. The number of nitrogens with two attached hydrogens (primary N) is 1. The van der Waals surface area contributed by atoms with Crippen molar-refractivity contribution >= 4 is 39.1 Å². The summed E-state index contributed by atoms with van der Waals surface area (Å²) in [4.78, 5) is 20.6. The number of thiophene rings is 1. The van der Waals surface area contributed by atoms with E-state index in [0.717, 1.165) is 9.35 Å². The van der Waals surface area contributed by atoms with Crippen LogP contribution in [0.2, 0.25) is 0 Å². The molecular weight excluding hydrogens is 318 g/mol. The molecule has 5 nitrogen and oxygen atoms in total. The van der Waals surface area contributed by atoms with Gasteiger partial charge in [-0.05, 0) is 28.9 Å². The summed E-state index contributed by atoms with van der Waals surface area (Å²) in [6, 6.07) is 1.89. The summed E-state index contributed by atoms with van der Waals surface area (Å²) in [5.74, 6) is 0.119. The zero-order valence-electron chi connectivity index (χ0n) is 9.51. The summed E-state index contributed by atoms with van der Waals surface area (Å²) in [7, 11) is 0. The van der Waals surface area contributed by atoms with Crippen LogP contribution < -0.4 is 5.73 Å². The molecule has 0 saturated carbocycles. The topological polar surface area (TPSA) is 78.1 Å². The summed E-state index contributed by atoms with van der Waals surface area (Å²) < 4.78 is 5.81. The highest BCUT2D eigenvalue weighted by molar-refractivity contribution is 9.10. The second kappa shape index (κ2) is 5.45. The van der Waals surface area contributed by atoms with Gasteiger partial charge in [-0.1, -0.05) is 0 Å². The highest BCUT2D eigenvalue weighted by Gasteiger charge is 2.14. The molecule has 0 aromatic carbocycles. The van der Waals surface area contributed by atoms with E-state index in [1.165, 1.54) is 17.5 Å². The number of anilines is 1. The molecule has 2 N–H and O–H groups in total. The van der Waals surface area contributed by atoms with Gasteiger partial charge in [-0.2, -0.15) is 0 Å². The average molecular weight is 328 g/mol. The molecule has 0 aliphatic carbocycles. The number of halogens is 1. The maximum atomic E-state index is 11.5. The molecule has 0 amide bonds. The first-order chi connectivity index (χ1) is 8.61. The first-order valence-corrected chi connectivity index (χ1v) is 6.83. The molecule has 0 spiro atoms. The molecule has 0 radical (unpaired) electrons. The Kier molecular flexibility index (Phi) is 3.93. The normalized spacial score (nSPS) is 10.3. The lowest BCUT2D eigenvalue weighted by Crippen LogP contribution is -2.10. The van der Waals surface area contributed by atoms with Crippen LogP contribution in [-0.4, -0.2) is 22.5 Å².